The van der Waals surface area contributed by atoms with Crippen molar-refractivity contribution in [1.82, 2.24) is 5.32 Å². The molecule has 0 aromatic heterocycles. The Hall–Kier alpha value is -1.06. The molecule has 20 heavy (non-hydrogen) atoms. The first-order chi connectivity index (χ1) is 9.28. The predicted molar refractivity (Wildman–Crippen MR) is 79.3 cm³/mol. The lowest BCUT2D eigenvalue weighted by molar-refractivity contribution is -0.158. The van der Waals surface area contributed by atoms with E-state index < -0.39 is 11.6 Å². The van der Waals surface area contributed by atoms with Crippen molar-refractivity contribution in [1.29, 1.82) is 0 Å². The molecule has 4 heteroatoms. The van der Waals surface area contributed by atoms with Crippen LogP contribution in [-0.4, -0.2) is 23.5 Å². The van der Waals surface area contributed by atoms with Gasteiger partial charge in [-0.15, -0.1) is 0 Å². The summed E-state index contributed by atoms with van der Waals surface area (Å²) < 4.78 is 5.26. The van der Waals surface area contributed by atoms with Gasteiger partial charge in [0.2, 0.25) is 5.91 Å². The lowest BCUT2D eigenvalue weighted by atomic mass is 9.96. The van der Waals surface area contributed by atoms with Crippen molar-refractivity contribution < 1.29 is 14.3 Å². The standard InChI is InChI=1S/C16H29NO3/c1-12(15(19)20-16(2,3)4)17-14(18)11-13-9-7-5-6-8-10-13/h12-13H,5-11H2,1-4H3,(H,17,18)/t12-/m0/s1. The van der Waals surface area contributed by atoms with Gasteiger partial charge in [0.25, 0.3) is 0 Å². The second-order valence-corrected chi connectivity index (χ2v) is 6.88. The van der Waals surface area contributed by atoms with Gasteiger partial charge in [-0.05, 0) is 46.5 Å². The number of hydrogen-bond donors (Lipinski definition) is 1. The summed E-state index contributed by atoms with van der Waals surface area (Å²) in [5.41, 5.74) is -0.517. The fraction of sp³-hybridized carbons (Fsp3) is 0.875. The Labute approximate surface area is 122 Å². The number of hydrogen-bond acceptors (Lipinski definition) is 3. The van der Waals surface area contributed by atoms with E-state index in [4.69, 9.17) is 4.74 Å². The van der Waals surface area contributed by atoms with Crippen molar-refractivity contribution in [3.63, 3.8) is 0 Å². The Bertz CT molecular complexity index is 325. The van der Waals surface area contributed by atoms with E-state index >= 15 is 0 Å². The molecule has 1 aliphatic carbocycles. The molecule has 4 nitrogen and oxygen atoms in total. The molecule has 116 valence electrons. The van der Waals surface area contributed by atoms with Crippen LogP contribution >= 0.6 is 0 Å². The van der Waals surface area contributed by atoms with Gasteiger partial charge in [0.05, 0.1) is 0 Å². The van der Waals surface area contributed by atoms with Crippen LogP contribution < -0.4 is 5.32 Å². The number of amides is 1. The van der Waals surface area contributed by atoms with Gasteiger partial charge in [-0.3, -0.25) is 4.79 Å². The third-order valence-electron chi connectivity index (χ3n) is 3.59. The van der Waals surface area contributed by atoms with Gasteiger partial charge in [0, 0.05) is 6.42 Å². The summed E-state index contributed by atoms with van der Waals surface area (Å²) >= 11 is 0. The third-order valence-corrected chi connectivity index (χ3v) is 3.59. The van der Waals surface area contributed by atoms with Crippen LogP contribution in [-0.2, 0) is 14.3 Å². The highest BCUT2D eigenvalue weighted by Crippen LogP contribution is 2.25. The first-order valence-electron chi connectivity index (χ1n) is 7.80. The lowest BCUT2D eigenvalue weighted by Crippen LogP contribution is -2.42. The first-order valence-corrected chi connectivity index (χ1v) is 7.80. The number of carbonyl (C=O) groups excluding carboxylic acids is 2. The average Bonchev–Trinajstić information content (AvgIpc) is 2.55. The predicted octanol–water partition coefficient (Wildman–Crippen LogP) is 3.19. The minimum atomic E-state index is -0.576. The number of nitrogens with one attached hydrogen (secondary N) is 1. The molecule has 0 bridgehead atoms. The smallest absolute Gasteiger partial charge is 0.328 e. The molecule has 1 aliphatic rings. The molecule has 0 aliphatic heterocycles. The largest absolute Gasteiger partial charge is 0.458 e. The van der Waals surface area contributed by atoms with E-state index in [0.717, 1.165) is 12.8 Å². The van der Waals surface area contributed by atoms with Crippen molar-refractivity contribution in [3.8, 4) is 0 Å². The Morgan fingerprint density at radius 2 is 1.70 bits per heavy atom. The van der Waals surface area contributed by atoms with Crippen molar-refractivity contribution in [2.75, 3.05) is 0 Å². The lowest BCUT2D eigenvalue weighted by Gasteiger charge is -2.23. The molecule has 1 N–H and O–H groups in total. The molecule has 1 amide bonds. The molecule has 0 aromatic rings. The molecule has 0 unspecified atom stereocenters. The number of esters is 1. The summed E-state index contributed by atoms with van der Waals surface area (Å²) in [7, 11) is 0. The molecule has 1 fully saturated rings. The molecular weight excluding hydrogens is 254 g/mol. The van der Waals surface area contributed by atoms with Gasteiger partial charge in [0.15, 0.2) is 0 Å². The molecule has 0 saturated heterocycles. The molecule has 1 atom stereocenters. The fourth-order valence-corrected chi connectivity index (χ4v) is 2.58. The van der Waals surface area contributed by atoms with E-state index in [0.29, 0.717) is 12.3 Å². The molecule has 0 heterocycles. The van der Waals surface area contributed by atoms with Crippen molar-refractivity contribution in [3.05, 3.63) is 0 Å². The first kappa shape index (κ1) is 17.0. The Balaban J connectivity index is 2.35. The number of rotatable bonds is 4. The summed E-state index contributed by atoms with van der Waals surface area (Å²) in [5.74, 6) is 0.0744. The van der Waals surface area contributed by atoms with E-state index in [2.05, 4.69) is 5.32 Å². The van der Waals surface area contributed by atoms with Crippen LogP contribution in [0.2, 0.25) is 0 Å². The summed E-state index contributed by atoms with van der Waals surface area (Å²) in [4.78, 5) is 23.8. The highest BCUT2D eigenvalue weighted by Gasteiger charge is 2.24. The monoisotopic (exact) mass is 283 g/mol. The molecule has 0 aromatic carbocycles. The minimum Gasteiger partial charge on any atom is -0.458 e. The second kappa shape index (κ2) is 7.65. The SMILES string of the molecule is C[C@H](NC(=O)CC1CCCCCC1)C(=O)OC(C)(C)C. The maximum atomic E-state index is 12.0. The van der Waals surface area contributed by atoms with Gasteiger partial charge >= 0.3 is 5.97 Å². The van der Waals surface area contributed by atoms with E-state index in [-0.39, 0.29) is 11.9 Å². The molecule has 0 radical (unpaired) electrons. The Morgan fingerprint density at radius 3 is 2.20 bits per heavy atom. The molecule has 1 rings (SSSR count). The Morgan fingerprint density at radius 1 is 1.15 bits per heavy atom. The van der Waals surface area contributed by atoms with Crippen LogP contribution in [0.4, 0.5) is 0 Å². The van der Waals surface area contributed by atoms with Crippen LogP contribution in [0.25, 0.3) is 0 Å². The minimum absolute atomic E-state index is 0.0322. The molecular formula is C16H29NO3. The van der Waals surface area contributed by atoms with Gasteiger partial charge in [-0.1, -0.05) is 25.7 Å². The van der Waals surface area contributed by atoms with Crippen LogP contribution in [0.1, 0.15) is 72.6 Å². The van der Waals surface area contributed by atoms with E-state index in [9.17, 15) is 9.59 Å². The highest BCUT2D eigenvalue weighted by atomic mass is 16.6. The molecule has 1 saturated carbocycles. The van der Waals surface area contributed by atoms with Crippen molar-refractivity contribution in [2.45, 2.75) is 84.3 Å². The summed E-state index contributed by atoms with van der Waals surface area (Å²) in [6.45, 7) is 7.15. The maximum Gasteiger partial charge on any atom is 0.328 e. The summed E-state index contributed by atoms with van der Waals surface area (Å²) in [6.07, 6.45) is 7.81. The second-order valence-electron chi connectivity index (χ2n) is 6.88. The van der Waals surface area contributed by atoms with E-state index in [1.807, 2.05) is 20.8 Å². The average molecular weight is 283 g/mol. The quantitative estimate of drug-likeness (QED) is 0.637. The third kappa shape index (κ3) is 6.92. The van der Waals surface area contributed by atoms with E-state index in [1.165, 1.54) is 25.7 Å². The zero-order chi connectivity index (χ0) is 15.2. The normalized spacial score (nSPS) is 19.0. The van der Waals surface area contributed by atoms with Crippen molar-refractivity contribution in [2.24, 2.45) is 5.92 Å². The highest BCUT2D eigenvalue weighted by molar-refractivity contribution is 5.84. The van der Waals surface area contributed by atoms with Gasteiger partial charge in [-0.2, -0.15) is 0 Å². The van der Waals surface area contributed by atoms with Crippen LogP contribution in [0.5, 0.6) is 0 Å². The summed E-state index contributed by atoms with van der Waals surface area (Å²) in [5, 5.41) is 2.76. The van der Waals surface area contributed by atoms with Crippen LogP contribution in [0.15, 0.2) is 0 Å². The van der Waals surface area contributed by atoms with Crippen molar-refractivity contribution >= 4 is 11.9 Å². The van der Waals surface area contributed by atoms with Gasteiger partial charge in [0.1, 0.15) is 11.6 Å². The zero-order valence-electron chi connectivity index (χ0n) is 13.3. The number of ether oxygens (including phenoxy) is 1. The van der Waals surface area contributed by atoms with Gasteiger partial charge in [-0.25, -0.2) is 4.79 Å². The van der Waals surface area contributed by atoms with E-state index in [1.54, 1.807) is 6.92 Å². The topological polar surface area (TPSA) is 55.4 Å². The molecule has 0 spiro atoms. The van der Waals surface area contributed by atoms with Gasteiger partial charge < -0.3 is 10.1 Å². The maximum absolute atomic E-state index is 12.0. The Kier molecular flexibility index (Phi) is 6.50. The summed E-state index contributed by atoms with van der Waals surface area (Å²) in [6, 6.07) is -0.576. The number of carbonyl (C=O) groups is 2. The zero-order valence-corrected chi connectivity index (χ0v) is 13.3. The fourth-order valence-electron chi connectivity index (χ4n) is 2.58. The van der Waals surface area contributed by atoms with Crippen LogP contribution in [0, 0.1) is 5.92 Å². The van der Waals surface area contributed by atoms with Crippen LogP contribution in [0.3, 0.4) is 0 Å².